The quantitative estimate of drug-likeness (QED) is 0.554. The SMILES string of the molecule is CCOC(=O)C(C(=O)OCC)C1(N2CCNCC2)CC1. The van der Waals surface area contributed by atoms with Crippen molar-refractivity contribution in [1.29, 1.82) is 0 Å². The Balaban J connectivity index is 2.16. The Morgan fingerprint density at radius 1 is 1.10 bits per heavy atom. The minimum absolute atomic E-state index is 0.284. The fraction of sp³-hybridized carbons (Fsp3) is 0.857. The monoisotopic (exact) mass is 284 g/mol. The van der Waals surface area contributed by atoms with Crippen molar-refractivity contribution in [3.8, 4) is 0 Å². The summed E-state index contributed by atoms with van der Waals surface area (Å²) >= 11 is 0. The summed E-state index contributed by atoms with van der Waals surface area (Å²) in [5, 5.41) is 3.29. The summed E-state index contributed by atoms with van der Waals surface area (Å²) in [4.78, 5) is 26.7. The van der Waals surface area contributed by atoms with Crippen molar-refractivity contribution in [2.24, 2.45) is 5.92 Å². The van der Waals surface area contributed by atoms with Crippen molar-refractivity contribution in [2.45, 2.75) is 32.2 Å². The third-order valence-electron chi connectivity index (χ3n) is 4.09. The zero-order valence-electron chi connectivity index (χ0n) is 12.3. The Morgan fingerprint density at radius 3 is 2.00 bits per heavy atom. The van der Waals surface area contributed by atoms with Crippen molar-refractivity contribution in [3.05, 3.63) is 0 Å². The number of esters is 2. The van der Waals surface area contributed by atoms with Crippen molar-refractivity contribution in [2.75, 3.05) is 39.4 Å². The molecular weight excluding hydrogens is 260 g/mol. The molecular formula is C14H24N2O4. The predicted octanol–water partition coefficient (Wildman–Crippen LogP) is 0.167. The lowest BCUT2D eigenvalue weighted by Gasteiger charge is -2.38. The van der Waals surface area contributed by atoms with Crippen LogP contribution in [-0.4, -0.2) is 61.8 Å². The van der Waals surface area contributed by atoms with Gasteiger partial charge in [-0.1, -0.05) is 0 Å². The Hall–Kier alpha value is -1.14. The lowest BCUT2D eigenvalue weighted by atomic mass is 9.94. The van der Waals surface area contributed by atoms with Crippen LogP contribution < -0.4 is 5.32 Å². The first kappa shape index (κ1) is 15.3. The van der Waals surface area contributed by atoms with Crippen LogP contribution in [0.25, 0.3) is 0 Å². The van der Waals surface area contributed by atoms with Crippen LogP contribution in [0, 0.1) is 5.92 Å². The molecule has 0 unspecified atom stereocenters. The number of hydrogen-bond donors (Lipinski definition) is 1. The molecule has 0 atom stereocenters. The van der Waals surface area contributed by atoms with Gasteiger partial charge < -0.3 is 14.8 Å². The van der Waals surface area contributed by atoms with Gasteiger partial charge >= 0.3 is 11.9 Å². The van der Waals surface area contributed by atoms with Crippen LogP contribution in [0.2, 0.25) is 0 Å². The van der Waals surface area contributed by atoms with E-state index in [1.807, 2.05) is 0 Å². The molecule has 0 aromatic rings. The summed E-state index contributed by atoms with van der Waals surface area (Å²) < 4.78 is 10.2. The van der Waals surface area contributed by atoms with E-state index in [9.17, 15) is 9.59 Å². The third-order valence-corrected chi connectivity index (χ3v) is 4.09. The van der Waals surface area contributed by atoms with E-state index in [2.05, 4.69) is 10.2 Å². The molecule has 1 heterocycles. The van der Waals surface area contributed by atoms with Gasteiger partial charge in [-0.3, -0.25) is 14.5 Å². The van der Waals surface area contributed by atoms with E-state index in [0.717, 1.165) is 39.0 Å². The largest absolute Gasteiger partial charge is 0.465 e. The van der Waals surface area contributed by atoms with Crippen LogP contribution in [0.4, 0.5) is 0 Å². The molecule has 1 saturated heterocycles. The third kappa shape index (κ3) is 2.96. The Bertz CT molecular complexity index is 344. The predicted molar refractivity (Wildman–Crippen MR) is 73.2 cm³/mol. The van der Waals surface area contributed by atoms with E-state index >= 15 is 0 Å². The number of carbonyl (C=O) groups is 2. The highest BCUT2D eigenvalue weighted by Crippen LogP contribution is 2.49. The van der Waals surface area contributed by atoms with Gasteiger partial charge in [-0.2, -0.15) is 0 Å². The standard InChI is InChI=1S/C14H24N2O4/c1-3-19-12(17)11(13(18)20-4-2)14(5-6-14)16-9-7-15-8-10-16/h11,15H,3-10H2,1-2H3. The Morgan fingerprint density at radius 2 is 1.60 bits per heavy atom. The zero-order chi connectivity index (χ0) is 14.6. The van der Waals surface area contributed by atoms with E-state index in [4.69, 9.17) is 9.47 Å². The average molecular weight is 284 g/mol. The fourth-order valence-corrected chi connectivity index (χ4v) is 3.01. The van der Waals surface area contributed by atoms with Crippen LogP contribution >= 0.6 is 0 Å². The van der Waals surface area contributed by atoms with Crippen molar-refractivity contribution in [3.63, 3.8) is 0 Å². The minimum Gasteiger partial charge on any atom is -0.465 e. The summed E-state index contributed by atoms with van der Waals surface area (Å²) in [6, 6.07) is 0. The van der Waals surface area contributed by atoms with Gasteiger partial charge in [-0.25, -0.2) is 0 Å². The topological polar surface area (TPSA) is 67.9 Å². The highest BCUT2D eigenvalue weighted by molar-refractivity contribution is 5.97. The van der Waals surface area contributed by atoms with Gasteiger partial charge in [-0.15, -0.1) is 0 Å². The first-order valence-electron chi connectivity index (χ1n) is 7.44. The number of ether oxygens (including phenoxy) is 2. The van der Waals surface area contributed by atoms with Gasteiger partial charge in [-0.05, 0) is 26.7 Å². The molecule has 0 aromatic heterocycles. The molecule has 1 aliphatic heterocycles. The van der Waals surface area contributed by atoms with Crippen LogP contribution in [-0.2, 0) is 19.1 Å². The maximum atomic E-state index is 12.2. The summed E-state index contributed by atoms with van der Waals surface area (Å²) in [5.74, 6) is -1.69. The molecule has 2 rings (SSSR count). The van der Waals surface area contributed by atoms with Gasteiger partial charge in [0.25, 0.3) is 0 Å². The molecule has 2 aliphatic rings. The molecule has 0 amide bonds. The highest BCUT2D eigenvalue weighted by Gasteiger charge is 2.60. The average Bonchev–Trinajstić information content (AvgIpc) is 3.22. The summed E-state index contributed by atoms with van der Waals surface area (Å²) in [6.07, 6.45) is 1.71. The summed E-state index contributed by atoms with van der Waals surface area (Å²) in [7, 11) is 0. The molecule has 1 N–H and O–H groups in total. The number of carbonyl (C=O) groups excluding carboxylic acids is 2. The zero-order valence-corrected chi connectivity index (χ0v) is 12.3. The molecule has 2 fully saturated rings. The second kappa shape index (κ2) is 6.54. The molecule has 6 nitrogen and oxygen atoms in total. The maximum absolute atomic E-state index is 12.2. The van der Waals surface area contributed by atoms with Gasteiger partial charge in [0.1, 0.15) is 0 Å². The molecule has 0 bridgehead atoms. The number of piperazine rings is 1. The molecule has 6 heteroatoms. The van der Waals surface area contributed by atoms with Crippen molar-refractivity contribution in [1.82, 2.24) is 10.2 Å². The second-order valence-electron chi connectivity index (χ2n) is 5.28. The van der Waals surface area contributed by atoms with Gasteiger partial charge in [0, 0.05) is 31.7 Å². The normalized spacial score (nSPS) is 21.6. The molecule has 0 radical (unpaired) electrons. The molecule has 114 valence electrons. The van der Waals surface area contributed by atoms with E-state index in [0.29, 0.717) is 0 Å². The maximum Gasteiger partial charge on any atom is 0.322 e. The first-order valence-corrected chi connectivity index (χ1v) is 7.44. The summed E-state index contributed by atoms with van der Waals surface area (Å²) in [5.41, 5.74) is -0.374. The van der Waals surface area contributed by atoms with E-state index < -0.39 is 17.9 Å². The molecule has 20 heavy (non-hydrogen) atoms. The van der Waals surface area contributed by atoms with Gasteiger partial charge in [0.15, 0.2) is 5.92 Å². The van der Waals surface area contributed by atoms with E-state index in [-0.39, 0.29) is 18.8 Å². The number of nitrogens with one attached hydrogen (secondary N) is 1. The Labute approximate surface area is 119 Å². The molecule has 1 saturated carbocycles. The second-order valence-corrected chi connectivity index (χ2v) is 5.28. The fourth-order valence-electron chi connectivity index (χ4n) is 3.01. The van der Waals surface area contributed by atoms with E-state index in [1.165, 1.54) is 0 Å². The van der Waals surface area contributed by atoms with Crippen LogP contribution in [0.5, 0.6) is 0 Å². The van der Waals surface area contributed by atoms with E-state index in [1.54, 1.807) is 13.8 Å². The van der Waals surface area contributed by atoms with Gasteiger partial charge in [0.2, 0.25) is 0 Å². The number of nitrogens with zero attached hydrogens (tertiary/aromatic N) is 1. The van der Waals surface area contributed by atoms with Crippen LogP contribution in [0.15, 0.2) is 0 Å². The smallest absolute Gasteiger partial charge is 0.322 e. The number of hydrogen-bond acceptors (Lipinski definition) is 6. The van der Waals surface area contributed by atoms with Crippen LogP contribution in [0.3, 0.4) is 0 Å². The molecule has 0 spiro atoms. The highest BCUT2D eigenvalue weighted by atomic mass is 16.6. The lowest BCUT2D eigenvalue weighted by Crippen LogP contribution is -2.56. The van der Waals surface area contributed by atoms with Crippen LogP contribution in [0.1, 0.15) is 26.7 Å². The molecule has 0 aromatic carbocycles. The van der Waals surface area contributed by atoms with Crippen molar-refractivity contribution >= 4 is 11.9 Å². The molecule has 1 aliphatic carbocycles. The first-order chi connectivity index (χ1) is 9.65. The van der Waals surface area contributed by atoms with Crippen molar-refractivity contribution < 1.29 is 19.1 Å². The minimum atomic E-state index is -0.805. The van der Waals surface area contributed by atoms with Gasteiger partial charge in [0.05, 0.1) is 13.2 Å². The lowest BCUT2D eigenvalue weighted by molar-refractivity contribution is -0.166. The Kier molecular flexibility index (Phi) is 4.99. The summed E-state index contributed by atoms with van der Waals surface area (Å²) in [6.45, 7) is 7.57. The number of rotatable bonds is 6.